The Morgan fingerprint density at radius 2 is 2.14 bits per heavy atom. The van der Waals surface area contributed by atoms with Crippen LogP contribution in [0.3, 0.4) is 0 Å². The summed E-state index contributed by atoms with van der Waals surface area (Å²) in [6, 6.07) is 7.69. The summed E-state index contributed by atoms with van der Waals surface area (Å²) in [4.78, 5) is 12.0. The van der Waals surface area contributed by atoms with Gasteiger partial charge in [0.1, 0.15) is 5.60 Å². The van der Waals surface area contributed by atoms with Crippen molar-refractivity contribution in [3.63, 3.8) is 0 Å². The zero-order chi connectivity index (χ0) is 15.3. The van der Waals surface area contributed by atoms with Crippen LogP contribution in [0.5, 0.6) is 0 Å². The summed E-state index contributed by atoms with van der Waals surface area (Å²) in [6.45, 7) is 2.33. The van der Waals surface area contributed by atoms with Gasteiger partial charge in [-0.3, -0.25) is 0 Å². The van der Waals surface area contributed by atoms with Crippen LogP contribution in [0.2, 0.25) is 5.02 Å². The first kappa shape index (κ1) is 16.1. The molecular formula is C16H23ClN2O2. The van der Waals surface area contributed by atoms with Crippen molar-refractivity contribution in [2.24, 2.45) is 0 Å². The number of methoxy groups -OCH3 is 1. The highest BCUT2D eigenvalue weighted by atomic mass is 35.5. The molecule has 0 saturated heterocycles. The number of amides is 2. The summed E-state index contributed by atoms with van der Waals surface area (Å²) >= 11 is 6.03. The molecule has 5 heteroatoms. The molecule has 1 aliphatic rings. The van der Waals surface area contributed by atoms with Crippen LogP contribution >= 0.6 is 11.6 Å². The maximum atomic E-state index is 12.0. The lowest BCUT2D eigenvalue weighted by atomic mass is 9.96. The van der Waals surface area contributed by atoms with E-state index in [1.807, 2.05) is 31.2 Å². The lowest BCUT2D eigenvalue weighted by Gasteiger charge is -2.29. The second-order valence-corrected chi connectivity index (χ2v) is 6.19. The molecule has 1 aromatic rings. The molecule has 116 valence electrons. The van der Waals surface area contributed by atoms with Crippen molar-refractivity contribution in [3.8, 4) is 0 Å². The third-order valence-electron chi connectivity index (χ3n) is 4.16. The number of halogens is 1. The van der Waals surface area contributed by atoms with E-state index in [1.165, 1.54) is 12.8 Å². The van der Waals surface area contributed by atoms with Gasteiger partial charge in [0.2, 0.25) is 0 Å². The molecule has 0 unspecified atom stereocenters. The Bertz CT molecular complexity index is 489. The maximum absolute atomic E-state index is 12.0. The molecule has 2 N–H and O–H groups in total. The Balaban J connectivity index is 1.93. The molecule has 0 radical (unpaired) electrons. The molecule has 1 atom stereocenters. The van der Waals surface area contributed by atoms with Crippen molar-refractivity contribution in [3.05, 3.63) is 34.9 Å². The number of nitrogens with one attached hydrogen (secondary N) is 2. The number of hydrogen-bond donors (Lipinski definition) is 2. The minimum Gasteiger partial charge on any atom is -0.372 e. The molecule has 0 heterocycles. The number of hydrogen-bond acceptors (Lipinski definition) is 2. The molecule has 0 aliphatic heterocycles. The van der Waals surface area contributed by atoms with Crippen LogP contribution < -0.4 is 10.6 Å². The van der Waals surface area contributed by atoms with Gasteiger partial charge in [-0.25, -0.2) is 4.79 Å². The molecule has 1 fully saturated rings. The molecule has 4 nitrogen and oxygen atoms in total. The summed E-state index contributed by atoms with van der Waals surface area (Å²) in [7, 11) is 1.64. The molecule has 21 heavy (non-hydrogen) atoms. The second kappa shape index (κ2) is 7.14. The summed E-state index contributed by atoms with van der Waals surface area (Å²) in [5, 5.41) is 6.57. The predicted molar refractivity (Wildman–Crippen MR) is 84.6 cm³/mol. The van der Waals surface area contributed by atoms with Gasteiger partial charge < -0.3 is 15.4 Å². The molecular weight excluding hydrogens is 288 g/mol. The van der Waals surface area contributed by atoms with Gasteiger partial charge >= 0.3 is 6.03 Å². The van der Waals surface area contributed by atoms with Crippen molar-refractivity contribution >= 4 is 17.6 Å². The molecule has 2 rings (SSSR count). The average Bonchev–Trinajstić information content (AvgIpc) is 2.97. The zero-order valence-corrected chi connectivity index (χ0v) is 13.4. The minimum atomic E-state index is -0.599. The molecule has 0 aromatic heterocycles. The smallest absolute Gasteiger partial charge is 0.315 e. The topological polar surface area (TPSA) is 50.4 Å². The van der Waals surface area contributed by atoms with Crippen LogP contribution in [0, 0.1) is 0 Å². The van der Waals surface area contributed by atoms with E-state index in [0.29, 0.717) is 17.6 Å². The highest BCUT2D eigenvalue weighted by Crippen LogP contribution is 2.26. The average molecular weight is 311 g/mol. The van der Waals surface area contributed by atoms with Gasteiger partial charge in [-0.05, 0) is 37.5 Å². The normalized spacial score (nSPS) is 18.2. The molecule has 0 spiro atoms. The van der Waals surface area contributed by atoms with Crippen molar-refractivity contribution in [1.82, 2.24) is 10.6 Å². The quantitative estimate of drug-likeness (QED) is 0.875. The first-order valence-electron chi connectivity index (χ1n) is 7.39. The van der Waals surface area contributed by atoms with E-state index < -0.39 is 5.60 Å². The van der Waals surface area contributed by atoms with Crippen LogP contribution in [0.25, 0.3) is 0 Å². The van der Waals surface area contributed by atoms with Crippen LogP contribution in [0.15, 0.2) is 24.3 Å². The summed E-state index contributed by atoms with van der Waals surface area (Å²) in [6.07, 6.45) is 4.54. The predicted octanol–water partition coefficient (Wildman–Crippen LogP) is 3.44. The first-order chi connectivity index (χ1) is 10.0. The van der Waals surface area contributed by atoms with Crippen LogP contribution in [0.1, 0.15) is 38.2 Å². The Morgan fingerprint density at radius 3 is 2.76 bits per heavy atom. The monoisotopic (exact) mass is 310 g/mol. The minimum absolute atomic E-state index is 0.132. The highest BCUT2D eigenvalue weighted by Gasteiger charge is 2.27. The summed E-state index contributed by atoms with van der Waals surface area (Å²) in [5.74, 6) is 0. The van der Waals surface area contributed by atoms with E-state index in [2.05, 4.69) is 10.6 Å². The number of carbonyl (C=O) groups is 1. The molecule has 1 aromatic carbocycles. The molecule has 1 aliphatic carbocycles. The van der Waals surface area contributed by atoms with Gasteiger partial charge in [-0.2, -0.15) is 0 Å². The number of carbonyl (C=O) groups excluding carboxylic acids is 1. The fourth-order valence-electron chi connectivity index (χ4n) is 2.67. The van der Waals surface area contributed by atoms with Gasteiger partial charge in [-0.1, -0.05) is 36.6 Å². The van der Waals surface area contributed by atoms with Gasteiger partial charge in [-0.15, -0.1) is 0 Å². The lowest BCUT2D eigenvalue weighted by Crippen LogP contribution is -2.46. The zero-order valence-electron chi connectivity index (χ0n) is 12.6. The SMILES string of the molecule is CO[C@](C)(CNC(=O)NC1CCCC1)c1cccc(Cl)c1. The van der Waals surface area contributed by atoms with E-state index in [9.17, 15) is 4.79 Å². The van der Waals surface area contributed by atoms with E-state index in [1.54, 1.807) is 7.11 Å². The van der Waals surface area contributed by atoms with Crippen molar-refractivity contribution in [2.75, 3.05) is 13.7 Å². The van der Waals surface area contributed by atoms with E-state index in [-0.39, 0.29) is 6.03 Å². The van der Waals surface area contributed by atoms with Gasteiger partial charge in [0, 0.05) is 18.2 Å². The standard InChI is InChI=1S/C16H23ClN2O2/c1-16(21-2,12-6-5-7-13(17)10-12)11-18-15(20)19-14-8-3-4-9-14/h5-7,10,14H,3-4,8-9,11H2,1-2H3,(H2,18,19,20)/t16-/m1/s1. The van der Waals surface area contributed by atoms with Crippen molar-refractivity contribution in [1.29, 1.82) is 0 Å². The highest BCUT2D eigenvalue weighted by molar-refractivity contribution is 6.30. The van der Waals surface area contributed by atoms with E-state index in [0.717, 1.165) is 18.4 Å². The molecule has 1 saturated carbocycles. The van der Waals surface area contributed by atoms with Gasteiger partial charge in [0.25, 0.3) is 0 Å². The molecule has 2 amide bonds. The number of urea groups is 1. The van der Waals surface area contributed by atoms with Gasteiger partial charge in [0.05, 0.1) is 6.54 Å². The van der Waals surface area contributed by atoms with Crippen LogP contribution in [0.4, 0.5) is 4.79 Å². The van der Waals surface area contributed by atoms with Gasteiger partial charge in [0.15, 0.2) is 0 Å². The second-order valence-electron chi connectivity index (χ2n) is 5.75. The lowest BCUT2D eigenvalue weighted by molar-refractivity contribution is 0.00482. The molecule has 0 bridgehead atoms. The fourth-order valence-corrected chi connectivity index (χ4v) is 2.86. The third-order valence-corrected chi connectivity index (χ3v) is 4.40. The van der Waals surface area contributed by atoms with Crippen LogP contribution in [-0.2, 0) is 10.3 Å². The Kier molecular flexibility index (Phi) is 5.48. The fraction of sp³-hybridized carbons (Fsp3) is 0.562. The third kappa shape index (κ3) is 4.35. The van der Waals surface area contributed by atoms with Crippen LogP contribution in [-0.4, -0.2) is 25.7 Å². The number of ether oxygens (including phenoxy) is 1. The summed E-state index contributed by atoms with van der Waals surface area (Å²) < 4.78 is 5.60. The first-order valence-corrected chi connectivity index (χ1v) is 7.77. The number of rotatable bonds is 5. The van der Waals surface area contributed by atoms with Crippen molar-refractivity contribution in [2.45, 2.75) is 44.2 Å². The number of benzene rings is 1. The largest absolute Gasteiger partial charge is 0.372 e. The Morgan fingerprint density at radius 1 is 1.43 bits per heavy atom. The van der Waals surface area contributed by atoms with E-state index in [4.69, 9.17) is 16.3 Å². The van der Waals surface area contributed by atoms with E-state index >= 15 is 0 Å². The maximum Gasteiger partial charge on any atom is 0.315 e. The summed E-state index contributed by atoms with van der Waals surface area (Å²) in [5.41, 5.74) is 0.344. The Labute approximate surface area is 131 Å². The van der Waals surface area contributed by atoms with Crippen molar-refractivity contribution < 1.29 is 9.53 Å². The Hall–Kier alpha value is -1.26.